The zero-order chi connectivity index (χ0) is 18.8. The van der Waals surface area contributed by atoms with Gasteiger partial charge in [-0.1, -0.05) is 59.7 Å². The topological polar surface area (TPSA) is 38.7 Å². The molecule has 2 aromatic carbocycles. The Morgan fingerprint density at radius 2 is 1.04 bits per heavy atom. The highest BCUT2D eigenvalue weighted by atomic mass is 14.9. The van der Waals surface area contributed by atoms with Gasteiger partial charge in [-0.3, -0.25) is 4.98 Å². The van der Waals surface area contributed by atoms with Crippen LogP contribution in [0.15, 0.2) is 72.9 Å². The summed E-state index contributed by atoms with van der Waals surface area (Å²) < 4.78 is 0. The summed E-state index contributed by atoms with van der Waals surface area (Å²) in [6, 6.07) is 22.9. The maximum atomic E-state index is 4.83. The monoisotopic (exact) mass is 351 g/mol. The summed E-state index contributed by atoms with van der Waals surface area (Å²) in [5.41, 5.74) is 8.35. The number of aryl methyl sites for hydroxylation is 3. The number of hydrogen-bond acceptors (Lipinski definition) is 3. The quantitative estimate of drug-likeness (QED) is 0.468. The van der Waals surface area contributed by atoms with Gasteiger partial charge in [0.05, 0.1) is 11.4 Å². The number of pyridine rings is 1. The third kappa shape index (κ3) is 3.77. The Kier molecular flexibility index (Phi) is 4.51. The minimum absolute atomic E-state index is 0.691. The molecule has 0 aliphatic carbocycles. The smallest absolute Gasteiger partial charge is 0.161 e. The standard InChI is InChI=1S/C24H21N3/c1-16-4-9-19(10-5-16)22-14-23(20-11-6-17(2)7-12-20)27-24(26-22)21-13-8-18(3)25-15-21/h4-15H,1-3H3. The lowest BCUT2D eigenvalue weighted by Crippen LogP contribution is -1.96. The van der Waals surface area contributed by atoms with E-state index in [2.05, 4.69) is 73.4 Å². The van der Waals surface area contributed by atoms with E-state index >= 15 is 0 Å². The van der Waals surface area contributed by atoms with Gasteiger partial charge in [-0.15, -0.1) is 0 Å². The summed E-state index contributed by atoms with van der Waals surface area (Å²) in [6.45, 7) is 6.15. The SMILES string of the molecule is Cc1ccc(-c2cc(-c3ccc(C)cc3)nc(-c3ccc(C)nc3)n2)cc1. The number of rotatable bonds is 3. The Balaban J connectivity index is 1.89. The van der Waals surface area contributed by atoms with Crippen LogP contribution in [0.2, 0.25) is 0 Å². The molecular formula is C24H21N3. The van der Waals surface area contributed by atoms with Crippen molar-refractivity contribution in [3.63, 3.8) is 0 Å². The van der Waals surface area contributed by atoms with Crippen LogP contribution in [-0.4, -0.2) is 15.0 Å². The van der Waals surface area contributed by atoms with Gasteiger partial charge < -0.3 is 0 Å². The third-order valence-electron chi connectivity index (χ3n) is 4.59. The van der Waals surface area contributed by atoms with E-state index in [4.69, 9.17) is 9.97 Å². The Hall–Kier alpha value is -3.33. The molecule has 0 aliphatic heterocycles. The van der Waals surface area contributed by atoms with E-state index < -0.39 is 0 Å². The largest absolute Gasteiger partial charge is 0.261 e. The van der Waals surface area contributed by atoms with E-state index in [1.54, 1.807) is 0 Å². The molecule has 0 fully saturated rings. The molecule has 4 rings (SSSR count). The van der Waals surface area contributed by atoms with Crippen LogP contribution in [0.25, 0.3) is 33.9 Å². The second kappa shape index (κ2) is 7.12. The van der Waals surface area contributed by atoms with Crippen molar-refractivity contribution in [2.75, 3.05) is 0 Å². The highest BCUT2D eigenvalue weighted by Gasteiger charge is 2.11. The molecular weight excluding hydrogens is 330 g/mol. The van der Waals surface area contributed by atoms with E-state index in [0.29, 0.717) is 5.82 Å². The summed E-state index contributed by atoms with van der Waals surface area (Å²) in [6.07, 6.45) is 1.84. The molecule has 0 saturated heterocycles. The van der Waals surface area contributed by atoms with E-state index in [9.17, 15) is 0 Å². The molecule has 0 bridgehead atoms. The normalized spacial score (nSPS) is 10.8. The predicted octanol–water partition coefficient (Wildman–Crippen LogP) is 5.80. The molecule has 0 atom stereocenters. The number of hydrogen-bond donors (Lipinski definition) is 0. The molecule has 0 spiro atoms. The average molecular weight is 351 g/mol. The first kappa shape index (κ1) is 17.1. The first-order valence-corrected chi connectivity index (χ1v) is 9.05. The maximum Gasteiger partial charge on any atom is 0.161 e. The Morgan fingerprint density at radius 1 is 0.556 bits per heavy atom. The molecule has 0 amide bonds. The third-order valence-corrected chi connectivity index (χ3v) is 4.59. The first-order valence-electron chi connectivity index (χ1n) is 9.05. The summed E-state index contributed by atoms with van der Waals surface area (Å²) >= 11 is 0. The zero-order valence-corrected chi connectivity index (χ0v) is 15.8. The fraction of sp³-hybridized carbons (Fsp3) is 0.125. The molecule has 27 heavy (non-hydrogen) atoms. The van der Waals surface area contributed by atoms with Gasteiger partial charge in [0, 0.05) is 28.6 Å². The highest BCUT2D eigenvalue weighted by molar-refractivity contribution is 5.71. The van der Waals surface area contributed by atoms with Crippen LogP contribution in [0, 0.1) is 20.8 Å². The molecule has 132 valence electrons. The van der Waals surface area contributed by atoms with Crippen LogP contribution >= 0.6 is 0 Å². The summed E-state index contributed by atoms with van der Waals surface area (Å²) in [7, 11) is 0. The Morgan fingerprint density at radius 3 is 1.48 bits per heavy atom. The van der Waals surface area contributed by atoms with Crippen LogP contribution in [0.3, 0.4) is 0 Å². The molecule has 3 nitrogen and oxygen atoms in total. The predicted molar refractivity (Wildman–Crippen MR) is 110 cm³/mol. The fourth-order valence-electron chi connectivity index (χ4n) is 2.92. The minimum Gasteiger partial charge on any atom is -0.261 e. The van der Waals surface area contributed by atoms with Crippen LogP contribution in [-0.2, 0) is 0 Å². The number of aromatic nitrogens is 3. The van der Waals surface area contributed by atoms with Gasteiger partial charge in [0.25, 0.3) is 0 Å². The van der Waals surface area contributed by atoms with Gasteiger partial charge in [-0.05, 0) is 39.0 Å². The van der Waals surface area contributed by atoms with Crippen molar-refractivity contribution in [2.45, 2.75) is 20.8 Å². The molecule has 2 aromatic heterocycles. The molecule has 4 aromatic rings. The van der Waals surface area contributed by atoms with Gasteiger partial charge in [-0.2, -0.15) is 0 Å². The lowest BCUT2D eigenvalue weighted by Gasteiger charge is -2.10. The number of nitrogens with zero attached hydrogens (tertiary/aromatic N) is 3. The Labute approximate surface area is 159 Å². The van der Waals surface area contributed by atoms with Crippen molar-refractivity contribution in [1.29, 1.82) is 0 Å². The molecule has 3 heteroatoms. The van der Waals surface area contributed by atoms with Crippen molar-refractivity contribution >= 4 is 0 Å². The molecule has 0 saturated carbocycles. The van der Waals surface area contributed by atoms with Gasteiger partial charge in [-0.25, -0.2) is 9.97 Å². The van der Waals surface area contributed by atoms with Crippen LogP contribution in [0.1, 0.15) is 16.8 Å². The van der Waals surface area contributed by atoms with Gasteiger partial charge >= 0.3 is 0 Å². The van der Waals surface area contributed by atoms with Gasteiger partial charge in [0.1, 0.15) is 0 Å². The van der Waals surface area contributed by atoms with Crippen molar-refractivity contribution in [2.24, 2.45) is 0 Å². The lowest BCUT2D eigenvalue weighted by molar-refractivity contribution is 1.15. The zero-order valence-electron chi connectivity index (χ0n) is 15.8. The Bertz CT molecular complexity index is 910. The van der Waals surface area contributed by atoms with Gasteiger partial charge in [0.2, 0.25) is 0 Å². The highest BCUT2D eigenvalue weighted by Crippen LogP contribution is 2.27. The summed E-state index contributed by atoms with van der Waals surface area (Å²) in [5, 5.41) is 0. The maximum absolute atomic E-state index is 4.83. The van der Waals surface area contributed by atoms with E-state index in [1.807, 2.05) is 25.3 Å². The second-order valence-electron chi connectivity index (χ2n) is 6.88. The molecule has 0 radical (unpaired) electrons. The van der Waals surface area contributed by atoms with Gasteiger partial charge in [0.15, 0.2) is 5.82 Å². The minimum atomic E-state index is 0.691. The second-order valence-corrected chi connectivity index (χ2v) is 6.88. The number of benzene rings is 2. The van der Waals surface area contributed by atoms with E-state index in [0.717, 1.165) is 33.8 Å². The van der Waals surface area contributed by atoms with Crippen molar-refractivity contribution in [3.05, 3.63) is 89.7 Å². The lowest BCUT2D eigenvalue weighted by atomic mass is 10.0. The van der Waals surface area contributed by atoms with Crippen molar-refractivity contribution in [1.82, 2.24) is 15.0 Å². The molecule has 0 unspecified atom stereocenters. The van der Waals surface area contributed by atoms with Crippen LogP contribution < -0.4 is 0 Å². The van der Waals surface area contributed by atoms with Crippen molar-refractivity contribution in [3.8, 4) is 33.9 Å². The van der Waals surface area contributed by atoms with E-state index in [-0.39, 0.29) is 0 Å². The molecule has 2 heterocycles. The van der Waals surface area contributed by atoms with Crippen molar-refractivity contribution < 1.29 is 0 Å². The van der Waals surface area contributed by atoms with Crippen LogP contribution in [0.5, 0.6) is 0 Å². The molecule has 0 aliphatic rings. The summed E-state index contributed by atoms with van der Waals surface area (Å²) in [4.78, 5) is 14.1. The average Bonchev–Trinajstić information content (AvgIpc) is 2.69. The fourth-order valence-corrected chi connectivity index (χ4v) is 2.92. The molecule has 0 N–H and O–H groups in total. The van der Waals surface area contributed by atoms with E-state index in [1.165, 1.54) is 11.1 Å². The van der Waals surface area contributed by atoms with Crippen LogP contribution in [0.4, 0.5) is 0 Å². The first-order chi connectivity index (χ1) is 13.1. The summed E-state index contributed by atoms with van der Waals surface area (Å²) in [5.74, 6) is 0.691.